The standard InChI is InChI=1S/C20H13ClN4O5S2/c21-13-3-8-16(9-4-13)32(29,30)24-14-5-1-12(2-6-14)19(26)23-20-22-17-10-7-15(25(27)28)11-18(17)31-20/h1-11,24H,(H,22,23,26). The van der Waals surface area contributed by atoms with Gasteiger partial charge in [-0.15, -0.1) is 0 Å². The molecule has 0 fully saturated rings. The number of nitrogens with zero attached hydrogens (tertiary/aromatic N) is 2. The lowest BCUT2D eigenvalue weighted by atomic mass is 10.2. The third kappa shape index (κ3) is 4.69. The Labute approximate surface area is 190 Å². The van der Waals surface area contributed by atoms with Gasteiger partial charge in [-0.2, -0.15) is 0 Å². The number of amides is 1. The van der Waals surface area contributed by atoms with E-state index in [0.29, 0.717) is 15.2 Å². The van der Waals surface area contributed by atoms with Crippen molar-refractivity contribution in [2.24, 2.45) is 0 Å². The zero-order valence-corrected chi connectivity index (χ0v) is 18.4. The summed E-state index contributed by atoms with van der Waals surface area (Å²) < 4.78 is 27.9. The number of halogens is 1. The number of carbonyl (C=O) groups is 1. The Hall–Kier alpha value is -3.54. The lowest BCUT2D eigenvalue weighted by molar-refractivity contribution is -0.384. The van der Waals surface area contributed by atoms with Crippen LogP contribution in [0.1, 0.15) is 10.4 Å². The van der Waals surface area contributed by atoms with Crippen LogP contribution in [-0.2, 0) is 10.0 Å². The van der Waals surface area contributed by atoms with Crippen molar-refractivity contribution in [2.75, 3.05) is 10.0 Å². The van der Waals surface area contributed by atoms with Crippen LogP contribution in [0.4, 0.5) is 16.5 Å². The number of sulfonamides is 1. The minimum absolute atomic E-state index is 0.0554. The zero-order valence-electron chi connectivity index (χ0n) is 16.0. The van der Waals surface area contributed by atoms with E-state index in [2.05, 4.69) is 15.0 Å². The van der Waals surface area contributed by atoms with Crippen LogP contribution in [0.25, 0.3) is 10.2 Å². The van der Waals surface area contributed by atoms with Gasteiger partial charge in [0.2, 0.25) is 0 Å². The quantitative estimate of drug-likeness (QED) is 0.293. The number of rotatable bonds is 6. The number of thiazole rings is 1. The molecule has 12 heteroatoms. The lowest BCUT2D eigenvalue weighted by Crippen LogP contribution is -2.14. The van der Waals surface area contributed by atoms with Gasteiger partial charge in [-0.05, 0) is 54.6 Å². The van der Waals surface area contributed by atoms with E-state index in [9.17, 15) is 23.3 Å². The summed E-state index contributed by atoms with van der Waals surface area (Å²) in [7, 11) is -3.80. The van der Waals surface area contributed by atoms with Gasteiger partial charge in [-0.3, -0.25) is 24.9 Å². The van der Waals surface area contributed by atoms with E-state index < -0.39 is 20.9 Å². The summed E-state index contributed by atoms with van der Waals surface area (Å²) in [4.78, 5) is 27.2. The fourth-order valence-corrected chi connectivity index (χ4v) is 4.85. The Morgan fingerprint density at radius 2 is 1.72 bits per heavy atom. The van der Waals surface area contributed by atoms with E-state index in [1.807, 2.05) is 0 Å². The maximum atomic E-state index is 12.5. The molecule has 162 valence electrons. The van der Waals surface area contributed by atoms with E-state index in [1.54, 1.807) is 0 Å². The molecule has 1 heterocycles. The first kappa shape index (κ1) is 21.7. The van der Waals surface area contributed by atoms with Crippen LogP contribution >= 0.6 is 22.9 Å². The minimum Gasteiger partial charge on any atom is -0.298 e. The first-order valence-electron chi connectivity index (χ1n) is 8.96. The summed E-state index contributed by atoms with van der Waals surface area (Å²) in [6.45, 7) is 0. The maximum absolute atomic E-state index is 12.5. The number of nitro benzene ring substituents is 1. The van der Waals surface area contributed by atoms with Crippen LogP contribution in [0.5, 0.6) is 0 Å². The molecule has 2 N–H and O–H groups in total. The topological polar surface area (TPSA) is 131 Å². The molecule has 0 radical (unpaired) electrons. The van der Waals surface area contributed by atoms with Crippen molar-refractivity contribution >= 4 is 65.6 Å². The first-order chi connectivity index (χ1) is 15.2. The second-order valence-corrected chi connectivity index (χ2v) is 9.67. The fourth-order valence-electron chi connectivity index (χ4n) is 2.77. The molecule has 0 aliphatic carbocycles. The molecular formula is C20H13ClN4O5S2. The van der Waals surface area contributed by atoms with Crippen molar-refractivity contribution in [3.05, 3.63) is 87.4 Å². The van der Waals surface area contributed by atoms with E-state index in [4.69, 9.17) is 11.6 Å². The van der Waals surface area contributed by atoms with Crippen molar-refractivity contribution < 1.29 is 18.1 Å². The Morgan fingerprint density at radius 3 is 2.38 bits per heavy atom. The molecule has 32 heavy (non-hydrogen) atoms. The van der Waals surface area contributed by atoms with Gasteiger partial charge >= 0.3 is 0 Å². The van der Waals surface area contributed by atoms with Crippen LogP contribution in [0.15, 0.2) is 71.6 Å². The first-order valence-corrected chi connectivity index (χ1v) is 11.6. The highest BCUT2D eigenvalue weighted by Crippen LogP contribution is 2.29. The van der Waals surface area contributed by atoms with Gasteiger partial charge in [0.05, 0.1) is 20.0 Å². The molecule has 4 rings (SSSR count). The summed E-state index contributed by atoms with van der Waals surface area (Å²) in [6, 6.07) is 15.8. The highest BCUT2D eigenvalue weighted by Gasteiger charge is 2.16. The molecule has 0 aliphatic heterocycles. The summed E-state index contributed by atoms with van der Waals surface area (Å²) in [5.41, 5.74) is 1.03. The molecule has 9 nitrogen and oxygen atoms in total. The van der Waals surface area contributed by atoms with Crippen LogP contribution < -0.4 is 10.0 Å². The normalized spacial score (nSPS) is 11.3. The number of fused-ring (bicyclic) bond motifs is 1. The Kier molecular flexibility index (Phi) is 5.78. The van der Waals surface area contributed by atoms with Crippen LogP contribution in [0, 0.1) is 10.1 Å². The van der Waals surface area contributed by atoms with E-state index in [1.165, 1.54) is 66.7 Å². The second-order valence-electron chi connectivity index (χ2n) is 6.52. The molecule has 4 aromatic rings. The predicted molar refractivity (Wildman–Crippen MR) is 123 cm³/mol. The second kappa shape index (κ2) is 8.54. The van der Waals surface area contributed by atoms with Gasteiger partial charge in [-0.1, -0.05) is 22.9 Å². The zero-order chi connectivity index (χ0) is 22.9. The number of nitro groups is 1. The summed E-state index contributed by atoms with van der Waals surface area (Å²) in [5, 5.41) is 14.2. The number of hydrogen-bond donors (Lipinski definition) is 2. The van der Waals surface area contributed by atoms with Crippen LogP contribution in [-0.4, -0.2) is 24.2 Å². The highest BCUT2D eigenvalue weighted by atomic mass is 35.5. The molecule has 0 spiro atoms. The molecule has 1 amide bonds. The molecule has 3 aromatic carbocycles. The number of non-ortho nitro benzene ring substituents is 1. The number of hydrogen-bond acceptors (Lipinski definition) is 7. The average molecular weight is 489 g/mol. The lowest BCUT2D eigenvalue weighted by Gasteiger charge is -2.09. The van der Waals surface area contributed by atoms with E-state index in [-0.39, 0.29) is 27.0 Å². The highest BCUT2D eigenvalue weighted by molar-refractivity contribution is 7.92. The van der Waals surface area contributed by atoms with E-state index >= 15 is 0 Å². The third-order valence-corrected chi connectivity index (χ3v) is 6.91. The number of nitrogens with one attached hydrogen (secondary N) is 2. The van der Waals surface area contributed by atoms with E-state index in [0.717, 1.165) is 11.3 Å². The van der Waals surface area contributed by atoms with Crippen molar-refractivity contribution in [1.29, 1.82) is 0 Å². The summed E-state index contributed by atoms with van der Waals surface area (Å²) >= 11 is 6.90. The molecule has 0 saturated heterocycles. The Bertz CT molecular complexity index is 1440. The Morgan fingerprint density at radius 1 is 1.03 bits per heavy atom. The van der Waals surface area contributed by atoms with Gasteiger partial charge in [0.1, 0.15) is 0 Å². The Balaban J connectivity index is 1.47. The molecule has 0 aliphatic rings. The number of carbonyl (C=O) groups excluding carboxylic acids is 1. The van der Waals surface area contributed by atoms with Crippen molar-refractivity contribution in [3.8, 4) is 0 Å². The molecular weight excluding hydrogens is 476 g/mol. The SMILES string of the molecule is O=C(Nc1nc2ccc([N+](=O)[O-])cc2s1)c1ccc(NS(=O)(=O)c2ccc(Cl)cc2)cc1. The molecule has 1 aromatic heterocycles. The fraction of sp³-hybridized carbons (Fsp3) is 0. The monoisotopic (exact) mass is 488 g/mol. The van der Waals surface area contributed by atoms with Gasteiger partial charge in [-0.25, -0.2) is 13.4 Å². The van der Waals surface area contributed by atoms with Crippen molar-refractivity contribution in [1.82, 2.24) is 4.98 Å². The van der Waals surface area contributed by atoms with Gasteiger partial charge in [0.15, 0.2) is 5.13 Å². The average Bonchev–Trinajstić information content (AvgIpc) is 3.15. The summed E-state index contributed by atoms with van der Waals surface area (Å²) in [6.07, 6.45) is 0. The van der Waals surface area contributed by atoms with Gasteiger partial charge in [0, 0.05) is 28.4 Å². The van der Waals surface area contributed by atoms with Gasteiger partial charge < -0.3 is 0 Å². The van der Waals surface area contributed by atoms with Crippen molar-refractivity contribution in [2.45, 2.75) is 4.90 Å². The summed E-state index contributed by atoms with van der Waals surface area (Å²) in [5.74, 6) is -0.453. The van der Waals surface area contributed by atoms with Gasteiger partial charge in [0.25, 0.3) is 21.6 Å². The molecule has 0 saturated carbocycles. The van der Waals surface area contributed by atoms with Crippen LogP contribution in [0.2, 0.25) is 5.02 Å². The van der Waals surface area contributed by atoms with Crippen molar-refractivity contribution in [3.63, 3.8) is 0 Å². The largest absolute Gasteiger partial charge is 0.298 e. The smallest absolute Gasteiger partial charge is 0.270 e. The number of aromatic nitrogens is 1. The molecule has 0 atom stereocenters. The molecule has 0 bridgehead atoms. The maximum Gasteiger partial charge on any atom is 0.270 e. The van der Waals surface area contributed by atoms with Crippen LogP contribution in [0.3, 0.4) is 0 Å². The minimum atomic E-state index is -3.80. The number of benzene rings is 3. The third-order valence-electron chi connectivity index (χ3n) is 4.33. The predicted octanol–water partition coefficient (Wildman–Crippen LogP) is 4.91. The number of anilines is 2. The molecule has 0 unspecified atom stereocenters.